The number of nitrogens with one attached hydrogen (secondary N) is 1. The number of ether oxygens (including phenoxy) is 1. The predicted octanol–water partition coefficient (Wildman–Crippen LogP) is 3.80. The number of aromatic nitrogens is 1. The van der Waals surface area contributed by atoms with Crippen LogP contribution in [0.5, 0.6) is 0 Å². The summed E-state index contributed by atoms with van der Waals surface area (Å²) in [5.41, 5.74) is 2.34. The Morgan fingerprint density at radius 2 is 2.00 bits per heavy atom. The third-order valence-corrected chi connectivity index (χ3v) is 5.81. The van der Waals surface area contributed by atoms with Gasteiger partial charge < -0.3 is 14.6 Å². The van der Waals surface area contributed by atoms with Crippen molar-refractivity contribution >= 4 is 23.6 Å². The minimum atomic E-state index is -0.488. The summed E-state index contributed by atoms with van der Waals surface area (Å²) >= 11 is 1.52. The lowest BCUT2D eigenvalue weighted by atomic mass is 10.2. The van der Waals surface area contributed by atoms with E-state index >= 15 is 0 Å². The van der Waals surface area contributed by atoms with E-state index in [0.717, 1.165) is 47.6 Å². The Morgan fingerprint density at radius 1 is 1.26 bits per heavy atom. The van der Waals surface area contributed by atoms with Crippen molar-refractivity contribution in [3.05, 3.63) is 46.8 Å². The van der Waals surface area contributed by atoms with Gasteiger partial charge in [0.25, 0.3) is 5.91 Å². The van der Waals surface area contributed by atoms with Crippen LogP contribution >= 0.6 is 11.8 Å². The summed E-state index contributed by atoms with van der Waals surface area (Å²) in [7, 11) is 0. The van der Waals surface area contributed by atoms with Crippen LogP contribution in [0.15, 0.2) is 33.7 Å². The molecule has 27 heavy (non-hydrogen) atoms. The average Bonchev–Trinajstić information content (AvgIpc) is 3.28. The Balaban J connectivity index is 1.57. The van der Waals surface area contributed by atoms with E-state index in [1.165, 1.54) is 11.8 Å². The number of thioether (sulfide) groups is 1. The highest BCUT2D eigenvalue weighted by Crippen LogP contribution is 2.29. The molecule has 1 heterocycles. The lowest BCUT2D eigenvalue weighted by Crippen LogP contribution is -2.35. The topological polar surface area (TPSA) is 81.4 Å². The van der Waals surface area contributed by atoms with Crippen molar-refractivity contribution < 1.29 is 18.8 Å². The van der Waals surface area contributed by atoms with Crippen molar-refractivity contribution in [3.63, 3.8) is 0 Å². The minimum absolute atomic E-state index is 0.217. The molecule has 1 aromatic heterocycles. The van der Waals surface area contributed by atoms with Gasteiger partial charge in [-0.05, 0) is 38.8 Å². The van der Waals surface area contributed by atoms with E-state index in [-0.39, 0.29) is 18.6 Å². The lowest BCUT2D eigenvalue weighted by molar-refractivity contribution is -0.124. The van der Waals surface area contributed by atoms with Gasteiger partial charge in [-0.2, -0.15) is 0 Å². The number of esters is 1. The third kappa shape index (κ3) is 5.13. The first kappa shape index (κ1) is 19.5. The quantitative estimate of drug-likeness (QED) is 0.574. The number of nitrogens with zero attached hydrogens (tertiary/aromatic N) is 1. The van der Waals surface area contributed by atoms with E-state index in [1.54, 1.807) is 12.1 Å². The van der Waals surface area contributed by atoms with Crippen LogP contribution in [0.2, 0.25) is 0 Å². The first-order valence-electron chi connectivity index (χ1n) is 9.14. The van der Waals surface area contributed by atoms with Gasteiger partial charge in [0.05, 0.1) is 11.3 Å². The van der Waals surface area contributed by atoms with Crippen LogP contribution in [0, 0.1) is 13.8 Å². The van der Waals surface area contributed by atoms with E-state index in [1.807, 2.05) is 26.0 Å². The molecule has 1 amide bonds. The van der Waals surface area contributed by atoms with Crippen LogP contribution < -0.4 is 5.32 Å². The largest absolute Gasteiger partial charge is 0.452 e. The Bertz CT molecular complexity index is 793. The Labute approximate surface area is 163 Å². The fourth-order valence-corrected chi connectivity index (χ4v) is 4.36. The summed E-state index contributed by atoms with van der Waals surface area (Å²) in [5, 5.41) is 6.87. The Hall–Kier alpha value is -2.28. The van der Waals surface area contributed by atoms with Crippen LogP contribution in [0.4, 0.5) is 0 Å². The molecule has 1 aromatic carbocycles. The van der Waals surface area contributed by atoms with Gasteiger partial charge in [-0.1, -0.05) is 30.1 Å². The molecule has 0 unspecified atom stereocenters. The zero-order valence-electron chi connectivity index (χ0n) is 15.6. The molecule has 0 saturated heterocycles. The van der Waals surface area contributed by atoms with E-state index in [9.17, 15) is 9.59 Å². The van der Waals surface area contributed by atoms with Gasteiger partial charge in [0.2, 0.25) is 0 Å². The molecule has 2 aromatic rings. The molecule has 1 fully saturated rings. The molecule has 3 rings (SSSR count). The predicted molar refractivity (Wildman–Crippen MR) is 103 cm³/mol. The van der Waals surface area contributed by atoms with Crippen molar-refractivity contribution in [2.45, 2.75) is 56.2 Å². The maximum absolute atomic E-state index is 12.5. The van der Waals surface area contributed by atoms with Gasteiger partial charge in [-0.3, -0.25) is 4.79 Å². The van der Waals surface area contributed by atoms with Crippen molar-refractivity contribution in [1.82, 2.24) is 10.5 Å². The second kappa shape index (κ2) is 9.08. The Morgan fingerprint density at radius 3 is 2.70 bits per heavy atom. The van der Waals surface area contributed by atoms with Gasteiger partial charge in [-0.15, -0.1) is 11.8 Å². The van der Waals surface area contributed by atoms with Gasteiger partial charge in [0, 0.05) is 22.3 Å². The van der Waals surface area contributed by atoms with E-state index in [2.05, 4.69) is 10.5 Å². The maximum atomic E-state index is 12.5. The fraction of sp³-hybridized carbons (Fsp3) is 0.450. The smallest absolute Gasteiger partial charge is 0.339 e. The normalized spacial score (nSPS) is 14.3. The van der Waals surface area contributed by atoms with Crippen LogP contribution in [-0.4, -0.2) is 29.7 Å². The highest BCUT2D eigenvalue weighted by Gasteiger charge is 2.19. The summed E-state index contributed by atoms with van der Waals surface area (Å²) in [6.45, 7) is 3.52. The molecular weight excluding hydrogens is 364 g/mol. The standard InChI is InChI=1S/C20H24N2O4S/c1-13-17(14(2)26-22-13)12-27-18-10-6-5-9-16(18)20(24)25-11-19(23)21-15-7-3-4-8-15/h5-6,9-10,15H,3-4,7-8,11-12H2,1-2H3,(H,21,23). The summed E-state index contributed by atoms with van der Waals surface area (Å²) in [5.74, 6) is 0.700. The molecule has 6 nitrogen and oxygen atoms in total. The summed E-state index contributed by atoms with van der Waals surface area (Å²) in [4.78, 5) is 25.2. The summed E-state index contributed by atoms with van der Waals surface area (Å²) < 4.78 is 10.4. The third-order valence-electron chi connectivity index (χ3n) is 4.71. The molecule has 0 bridgehead atoms. The number of amides is 1. The molecule has 0 spiro atoms. The first-order valence-corrected chi connectivity index (χ1v) is 10.1. The molecule has 7 heteroatoms. The summed E-state index contributed by atoms with van der Waals surface area (Å²) in [6, 6.07) is 7.47. The lowest BCUT2D eigenvalue weighted by Gasteiger charge is -2.13. The summed E-state index contributed by atoms with van der Waals surface area (Å²) in [6.07, 6.45) is 4.28. The van der Waals surface area contributed by atoms with Crippen LogP contribution in [0.25, 0.3) is 0 Å². The minimum Gasteiger partial charge on any atom is -0.452 e. The first-order chi connectivity index (χ1) is 13.0. The average molecular weight is 388 g/mol. The number of hydrogen-bond acceptors (Lipinski definition) is 6. The highest BCUT2D eigenvalue weighted by atomic mass is 32.2. The van der Waals surface area contributed by atoms with Gasteiger partial charge in [-0.25, -0.2) is 4.79 Å². The molecule has 1 N–H and O–H groups in total. The number of rotatable bonds is 7. The number of aryl methyl sites for hydroxylation is 2. The van der Waals surface area contributed by atoms with E-state index in [0.29, 0.717) is 11.3 Å². The monoisotopic (exact) mass is 388 g/mol. The van der Waals surface area contributed by atoms with E-state index in [4.69, 9.17) is 9.26 Å². The van der Waals surface area contributed by atoms with Crippen LogP contribution in [0.1, 0.15) is 53.1 Å². The van der Waals surface area contributed by atoms with Crippen LogP contribution in [-0.2, 0) is 15.3 Å². The van der Waals surface area contributed by atoms with Crippen molar-refractivity contribution in [2.24, 2.45) is 0 Å². The number of carbonyl (C=O) groups is 2. The van der Waals surface area contributed by atoms with Gasteiger partial charge >= 0.3 is 5.97 Å². The maximum Gasteiger partial charge on any atom is 0.339 e. The highest BCUT2D eigenvalue weighted by molar-refractivity contribution is 7.98. The second-order valence-electron chi connectivity index (χ2n) is 6.71. The molecular formula is C20H24N2O4S. The molecule has 144 valence electrons. The molecule has 1 saturated carbocycles. The fourth-order valence-electron chi connectivity index (χ4n) is 3.17. The second-order valence-corrected chi connectivity index (χ2v) is 7.73. The Kier molecular flexibility index (Phi) is 6.55. The zero-order valence-corrected chi connectivity index (χ0v) is 16.4. The molecule has 1 aliphatic carbocycles. The molecule has 0 radical (unpaired) electrons. The van der Waals surface area contributed by atoms with E-state index < -0.39 is 5.97 Å². The number of benzene rings is 1. The number of hydrogen-bond donors (Lipinski definition) is 1. The van der Waals surface area contributed by atoms with Crippen molar-refractivity contribution in [1.29, 1.82) is 0 Å². The molecule has 1 aliphatic rings. The zero-order chi connectivity index (χ0) is 19.2. The van der Waals surface area contributed by atoms with Crippen LogP contribution in [0.3, 0.4) is 0 Å². The molecule has 0 atom stereocenters. The SMILES string of the molecule is Cc1noc(C)c1CSc1ccccc1C(=O)OCC(=O)NC1CCCC1. The van der Waals surface area contributed by atoms with Crippen molar-refractivity contribution in [2.75, 3.05) is 6.61 Å². The number of carbonyl (C=O) groups excluding carboxylic acids is 2. The molecule has 0 aliphatic heterocycles. The van der Waals surface area contributed by atoms with Gasteiger partial charge in [0.1, 0.15) is 5.76 Å². The van der Waals surface area contributed by atoms with Crippen molar-refractivity contribution in [3.8, 4) is 0 Å². The van der Waals surface area contributed by atoms with Gasteiger partial charge in [0.15, 0.2) is 6.61 Å².